The fourth-order valence-electron chi connectivity index (χ4n) is 5.53. The van der Waals surface area contributed by atoms with Gasteiger partial charge in [-0.05, 0) is 74.5 Å². The van der Waals surface area contributed by atoms with E-state index in [1.165, 1.54) is 0 Å². The van der Waals surface area contributed by atoms with Crippen LogP contribution in [-0.2, 0) is 4.79 Å². The summed E-state index contributed by atoms with van der Waals surface area (Å²) < 4.78 is 21.5. The largest absolute Gasteiger partial charge is 0.497 e. The third-order valence-corrected chi connectivity index (χ3v) is 8.15. The molecule has 3 aromatic rings. The molecular weight excluding hydrogens is 503 g/mol. The molecular formula is C29H37FN4O3S. The highest BCUT2D eigenvalue weighted by Gasteiger charge is 2.38. The Morgan fingerprint density at radius 1 is 1.24 bits per heavy atom. The van der Waals surface area contributed by atoms with Crippen LogP contribution in [0, 0.1) is 5.41 Å². The number of carbonyl (C=O) groups is 1. The normalized spacial score (nSPS) is 17.2. The molecule has 2 atom stereocenters. The third-order valence-electron chi connectivity index (χ3n) is 7.72. The number of methoxy groups -OCH3 is 1. The van der Waals surface area contributed by atoms with E-state index in [1.54, 1.807) is 19.5 Å². The van der Waals surface area contributed by atoms with Crippen molar-refractivity contribution in [1.29, 1.82) is 0 Å². The quantitative estimate of drug-likeness (QED) is 0.301. The highest BCUT2D eigenvalue weighted by Crippen LogP contribution is 2.44. The van der Waals surface area contributed by atoms with Crippen LogP contribution in [0.4, 0.5) is 10.1 Å². The Morgan fingerprint density at radius 2 is 2.00 bits per heavy atom. The number of likely N-dealkylation sites (tertiary alicyclic amines) is 1. The first-order valence-electron chi connectivity index (χ1n) is 13.0. The second-order valence-electron chi connectivity index (χ2n) is 10.5. The summed E-state index contributed by atoms with van der Waals surface area (Å²) in [6.45, 7) is 2.25. The number of halogens is 1. The number of alkyl halides is 1. The summed E-state index contributed by atoms with van der Waals surface area (Å²) in [6.07, 6.45) is 4.41. The summed E-state index contributed by atoms with van der Waals surface area (Å²) >= 11 is 4.74. The van der Waals surface area contributed by atoms with Crippen molar-refractivity contribution in [3.63, 3.8) is 0 Å². The number of aliphatic carboxylic acids is 1. The molecule has 0 spiro atoms. The molecule has 1 N–H and O–H groups in total. The zero-order chi connectivity index (χ0) is 27.3. The molecule has 1 aliphatic rings. The van der Waals surface area contributed by atoms with Gasteiger partial charge in [0.25, 0.3) is 0 Å². The average Bonchev–Trinajstić information content (AvgIpc) is 2.92. The Hall–Kier alpha value is -2.91. The number of aromatic nitrogens is 2. The molecule has 2 aromatic heterocycles. The summed E-state index contributed by atoms with van der Waals surface area (Å²) in [7, 11) is 5.34. The molecule has 0 amide bonds. The van der Waals surface area contributed by atoms with Crippen molar-refractivity contribution in [2.75, 3.05) is 45.7 Å². The molecule has 1 saturated heterocycles. The molecule has 38 heavy (non-hydrogen) atoms. The van der Waals surface area contributed by atoms with E-state index in [2.05, 4.69) is 14.9 Å². The summed E-state index contributed by atoms with van der Waals surface area (Å²) in [6, 6.07) is 11.3. The van der Waals surface area contributed by atoms with Crippen molar-refractivity contribution in [1.82, 2.24) is 14.9 Å². The van der Waals surface area contributed by atoms with Crippen molar-refractivity contribution >= 4 is 35.2 Å². The number of rotatable bonds is 11. The minimum Gasteiger partial charge on any atom is -0.497 e. The number of piperidine rings is 1. The van der Waals surface area contributed by atoms with Crippen LogP contribution in [0.3, 0.4) is 0 Å². The number of ether oxygens (including phenoxy) is 1. The lowest BCUT2D eigenvalue weighted by atomic mass is 9.71. The van der Waals surface area contributed by atoms with E-state index in [-0.39, 0.29) is 18.1 Å². The number of nitrogens with zero attached hydrogens (tertiary/aromatic N) is 4. The Balaban J connectivity index is 1.49. The molecule has 3 heterocycles. The fraction of sp³-hybridized carbons (Fsp3) is 0.483. The third kappa shape index (κ3) is 6.56. The Labute approximate surface area is 229 Å². The van der Waals surface area contributed by atoms with Crippen LogP contribution in [0.5, 0.6) is 5.75 Å². The van der Waals surface area contributed by atoms with E-state index < -0.39 is 17.6 Å². The summed E-state index contributed by atoms with van der Waals surface area (Å²) in [4.78, 5) is 25.0. The van der Waals surface area contributed by atoms with Gasteiger partial charge in [0.05, 0.1) is 41.9 Å². The first kappa shape index (κ1) is 28.1. The zero-order valence-electron chi connectivity index (χ0n) is 22.3. The second-order valence-corrected chi connectivity index (χ2v) is 11.1. The van der Waals surface area contributed by atoms with E-state index in [4.69, 9.17) is 17.4 Å². The maximum absolute atomic E-state index is 16.2. The SMILES string of the molecule is COc1ccc2ncc(N(C)C)c([C@@H](F)CCC3(CC(=O)O)CCN(CC(S)c4ccccn4)CC3)c2c1. The van der Waals surface area contributed by atoms with Crippen molar-refractivity contribution in [2.24, 2.45) is 5.41 Å². The number of carboxylic acids is 1. The van der Waals surface area contributed by atoms with Crippen LogP contribution in [0.15, 0.2) is 48.8 Å². The highest BCUT2D eigenvalue weighted by atomic mass is 32.1. The molecule has 0 radical (unpaired) electrons. The number of anilines is 1. The molecule has 1 fully saturated rings. The predicted molar refractivity (Wildman–Crippen MR) is 152 cm³/mol. The average molecular weight is 541 g/mol. The zero-order valence-corrected chi connectivity index (χ0v) is 23.2. The number of pyridine rings is 2. The van der Waals surface area contributed by atoms with Gasteiger partial charge in [0, 0.05) is 37.8 Å². The van der Waals surface area contributed by atoms with E-state index in [0.29, 0.717) is 36.1 Å². The molecule has 1 aromatic carbocycles. The van der Waals surface area contributed by atoms with Gasteiger partial charge in [0.2, 0.25) is 0 Å². The number of fused-ring (bicyclic) bond motifs is 1. The molecule has 4 rings (SSSR count). The molecule has 0 bridgehead atoms. The van der Waals surface area contributed by atoms with Crippen LogP contribution in [0.25, 0.3) is 10.9 Å². The lowest BCUT2D eigenvalue weighted by Gasteiger charge is -2.42. The van der Waals surface area contributed by atoms with Gasteiger partial charge in [-0.25, -0.2) is 4.39 Å². The van der Waals surface area contributed by atoms with Gasteiger partial charge < -0.3 is 19.6 Å². The molecule has 7 nitrogen and oxygen atoms in total. The second kappa shape index (κ2) is 12.3. The summed E-state index contributed by atoms with van der Waals surface area (Å²) in [5.41, 5.74) is 2.49. The molecule has 1 aliphatic heterocycles. The summed E-state index contributed by atoms with van der Waals surface area (Å²) in [5.74, 6) is -0.186. The maximum Gasteiger partial charge on any atom is 0.303 e. The lowest BCUT2D eigenvalue weighted by Crippen LogP contribution is -2.42. The van der Waals surface area contributed by atoms with Crippen LogP contribution in [0.2, 0.25) is 0 Å². The Kier molecular flexibility index (Phi) is 9.10. The number of carboxylic acid groups (broad SMARTS) is 1. The predicted octanol–water partition coefficient (Wildman–Crippen LogP) is 5.72. The van der Waals surface area contributed by atoms with Crippen LogP contribution >= 0.6 is 12.6 Å². The van der Waals surface area contributed by atoms with Gasteiger partial charge in [-0.2, -0.15) is 12.6 Å². The Morgan fingerprint density at radius 3 is 2.63 bits per heavy atom. The highest BCUT2D eigenvalue weighted by molar-refractivity contribution is 7.80. The maximum atomic E-state index is 16.2. The molecule has 204 valence electrons. The smallest absolute Gasteiger partial charge is 0.303 e. The van der Waals surface area contributed by atoms with Gasteiger partial charge in [0.1, 0.15) is 11.9 Å². The first-order chi connectivity index (χ1) is 18.2. The lowest BCUT2D eigenvalue weighted by molar-refractivity contribution is -0.141. The number of benzene rings is 1. The molecule has 1 unspecified atom stereocenters. The van der Waals surface area contributed by atoms with Crippen LogP contribution < -0.4 is 9.64 Å². The standard InChI is InChI=1S/C29H37FN4O3S/c1-33(2)25-18-32-23-8-7-20(37-3)16-21(23)28(25)22(30)9-10-29(17-27(35)36)11-14-34(15-12-29)19-26(38)24-6-4-5-13-31-24/h4-8,13,16,18,22,26,38H,9-12,14-15,17,19H2,1-3H3,(H,35,36)/t22-,26?/m0/s1. The summed E-state index contributed by atoms with van der Waals surface area (Å²) in [5, 5.41) is 10.4. The molecule has 9 heteroatoms. The monoisotopic (exact) mass is 540 g/mol. The van der Waals surface area contributed by atoms with Crippen molar-refractivity contribution < 1.29 is 19.0 Å². The van der Waals surface area contributed by atoms with Gasteiger partial charge >= 0.3 is 5.97 Å². The van der Waals surface area contributed by atoms with E-state index in [0.717, 1.165) is 36.4 Å². The molecule has 0 saturated carbocycles. The first-order valence-corrected chi connectivity index (χ1v) is 13.5. The van der Waals surface area contributed by atoms with E-state index in [9.17, 15) is 9.90 Å². The van der Waals surface area contributed by atoms with Crippen LogP contribution in [0.1, 0.15) is 54.8 Å². The number of hydrogen-bond donors (Lipinski definition) is 2. The molecule has 0 aliphatic carbocycles. The fourth-order valence-corrected chi connectivity index (χ4v) is 5.91. The van der Waals surface area contributed by atoms with E-state index >= 15 is 4.39 Å². The minimum absolute atomic E-state index is 0.0141. The van der Waals surface area contributed by atoms with Gasteiger partial charge in [0.15, 0.2) is 0 Å². The van der Waals surface area contributed by atoms with Crippen molar-refractivity contribution in [3.8, 4) is 5.75 Å². The van der Waals surface area contributed by atoms with Crippen LogP contribution in [-0.4, -0.2) is 66.8 Å². The number of thiol groups is 1. The van der Waals surface area contributed by atoms with E-state index in [1.807, 2.05) is 55.4 Å². The Bertz CT molecular complexity index is 1240. The number of hydrogen-bond acceptors (Lipinski definition) is 7. The van der Waals surface area contributed by atoms with Gasteiger partial charge in [-0.1, -0.05) is 6.07 Å². The van der Waals surface area contributed by atoms with Crippen molar-refractivity contribution in [3.05, 3.63) is 60.0 Å². The van der Waals surface area contributed by atoms with Gasteiger partial charge in [-0.3, -0.25) is 14.8 Å². The minimum atomic E-state index is -1.26. The van der Waals surface area contributed by atoms with Crippen molar-refractivity contribution in [2.45, 2.75) is 43.5 Å². The topological polar surface area (TPSA) is 78.8 Å². The van der Waals surface area contributed by atoms with Gasteiger partial charge in [-0.15, -0.1) is 0 Å².